The Kier molecular flexibility index (Phi) is 5.57. The zero-order valence-electron chi connectivity index (χ0n) is 14.1. The van der Waals surface area contributed by atoms with Crippen LogP contribution in [0.1, 0.15) is 18.2 Å². The summed E-state index contributed by atoms with van der Waals surface area (Å²) in [6.07, 6.45) is 2.95. The number of nitrogens with one attached hydrogen (secondary N) is 1. The summed E-state index contributed by atoms with van der Waals surface area (Å²) in [7, 11) is 3.16. The summed E-state index contributed by atoms with van der Waals surface area (Å²) in [5.74, 6) is 1.15. The highest BCUT2D eigenvalue weighted by Crippen LogP contribution is 2.28. The molecule has 0 aliphatic carbocycles. The lowest BCUT2D eigenvalue weighted by atomic mass is 10.2. The highest BCUT2D eigenvalue weighted by atomic mass is 16.5. The van der Waals surface area contributed by atoms with E-state index in [2.05, 4.69) is 18.3 Å². The fourth-order valence-corrected chi connectivity index (χ4v) is 2.30. The van der Waals surface area contributed by atoms with Gasteiger partial charge in [-0.25, -0.2) is 0 Å². The minimum Gasteiger partial charge on any atom is -0.497 e. The van der Waals surface area contributed by atoms with Gasteiger partial charge in [-0.3, -0.25) is 4.79 Å². The van der Waals surface area contributed by atoms with Gasteiger partial charge in [0.1, 0.15) is 11.5 Å². The Morgan fingerprint density at radius 3 is 2.61 bits per heavy atom. The number of pyridine rings is 1. The van der Waals surface area contributed by atoms with Crippen LogP contribution in [0.25, 0.3) is 0 Å². The minimum absolute atomic E-state index is 0.113. The molecular formula is C18H23N2O3+. The van der Waals surface area contributed by atoms with Crippen LogP contribution in [0.4, 0.5) is 5.69 Å². The molecule has 0 aliphatic heterocycles. The monoisotopic (exact) mass is 315 g/mol. The molecule has 0 atom stereocenters. The second-order valence-electron chi connectivity index (χ2n) is 5.27. The van der Waals surface area contributed by atoms with Crippen LogP contribution in [0.3, 0.4) is 0 Å². The van der Waals surface area contributed by atoms with E-state index < -0.39 is 0 Å². The van der Waals surface area contributed by atoms with Crippen molar-refractivity contribution in [3.8, 4) is 11.5 Å². The van der Waals surface area contributed by atoms with E-state index in [9.17, 15) is 4.79 Å². The minimum atomic E-state index is -0.113. The standard InChI is InChI=1S/C18H22N2O3/c1-5-14-7-6-13(2)20(11-14)12-18(21)19-16-10-15(22-3)8-9-17(16)23-4/h6-11H,5,12H2,1-4H3/p+1. The van der Waals surface area contributed by atoms with Crippen LogP contribution < -0.4 is 19.4 Å². The number of ether oxygens (including phenoxy) is 2. The smallest absolute Gasteiger partial charge is 0.290 e. The molecule has 0 spiro atoms. The molecule has 0 saturated heterocycles. The molecule has 1 heterocycles. The topological polar surface area (TPSA) is 51.4 Å². The van der Waals surface area contributed by atoms with Gasteiger partial charge in [0.15, 0.2) is 11.9 Å². The van der Waals surface area contributed by atoms with Gasteiger partial charge in [0.2, 0.25) is 6.54 Å². The summed E-state index contributed by atoms with van der Waals surface area (Å²) in [5, 5.41) is 2.88. The number of rotatable bonds is 6. The predicted octanol–water partition coefficient (Wildman–Crippen LogP) is 2.50. The molecule has 0 unspecified atom stereocenters. The first-order valence-corrected chi connectivity index (χ1v) is 7.58. The molecule has 0 radical (unpaired) electrons. The number of hydrogen-bond acceptors (Lipinski definition) is 3. The van der Waals surface area contributed by atoms with Gasteiger partial charge >= 0.3 is 0 Å². The van der Waals surface area contributed by atoms with Crippen LogP contribution in [-0.2, 0) is 17.8 Å². The van der Waals surface area contributed by atoms with Gasteiger partial charge in [-0.05, 0) is 24.6 Å². The van der Waals surface area contributed by atoms with Gasteiger partial charge in [0.25, 0.3) is 5.91 Å². The van der Waals surface area contributed by atoms with E-state index in [1.165, 1.54) is 5.56 Å². The fourth-order valence-electron chi connectivity index (χ4n) is 2.30. The van der Waals surface area contributed by atoms with Crippen molar-refractivity contribution in [1.82, 2.24) is 0 Å². The molecule has 2 aromatic rings. The first-order valence-electron chi connectivity index (χ1n) is 7.58. The van der Waals surface area contributed by atoms with Crippen molar-refractivity contribution in [3.05, 3.63) is 47.8 Å². The summed E-state index contributed by atoms with van der Waals surface area (Å²) >= 11 is 0. The molecule has 5 heteroatoms. The summed E-state index contributed by atoms with van der Waals surface area (Å²) in [6.45, 7) is 4.33. The third kappa shape index (κ3) is 4.22. The molecule has 0 fully saturated rings. The molecule has 2 rings (SSSR count). The van der Waals surface area contributed by atoms with Gasteiger partial charge in [-0.1, -0.05) is 6.92 Å². The van der Waals surface area contributed by atoms with E-state index in [-0.39, 0.29) is 12.5 Å². The number of methoxy groups -OCH3 is 2. The molecule has 122 valence electrons. The zero-order chi connectivity index (χ0) is 16.8. The maximum atomic E-state index is 12.4. The van der Waals surface area contributed by atoms with E-state index in [1.54, 1.807) is 32.4 Å². The molecular weight excluding hydrogens is 292 g/mol. The van der Waals surface area contributed by atoms with Crippen molar-refractivity contribution in [2.24, 2.45) is 0 Å². The summed E-state index contributed by atoms with van der Waals surface area (Å²) in [4.78, 5) is 12.4. The Labute approximate surface area is 136 Å². The van der Waals surface area contributed by atoms with Gasteiger partial charge in [0, 0.05) is 24.6 Å². The third-order valence-electron chi connectivity index (χ3n) is 3.72. The van der Waals surface area contributed by atoms with Crippen LogP contribution in [0, 0.1) is 6.92 Å². The first kappa shape index (κ1) is 16.8. The average molecular weight is 315 g/mol. The van der Waals surface area contributed by atoms with Crippen LogP contribution in [0.15, 0.2) is 36.5 Å². The second kappa shape index (κ2) is 7.63. The Balaban J connectivity index is 2.16. The maximum absolute atomic E-state index is 12.4. The summed E-state index contributed by atoms with van der Waals surface area (Å²) in [5.41, 5.74) is 2.83. The highest BCUT2D eigenvalue weighted by molar-refractivity contribution is 5.91. The Morgan fingerprint density at radius 1 is 1.17 bits per heavy atom. The third-order valence-corrected chi connectivity index (χ3v) is 3.72. The SMILES string of the molecule is CCc1ccc(C)[n+](CC(=O)Nc2cc(OC)ccc2OC)c1. The van der Waals surface area contributed by atoms with Crippen LogP contribution in [-0.4, -0.2) is 20.1 Å². The number of carbonyl (C=O) groups is 1. The average Bonchev–Trinajstić information content (AvgIpc) is 2.56. The van der Waals surface area contributed by atoms with E-state index in [0.29, 0.717) is 17.2 Å². The van der Waals surface area contributed by atoms with Gasteiger partial charge in [-0.2, -0.15) is 4.57 Å². The van der Waals surface area contributed by atoms with Crippen molar-refractivity contribution in [2.45, 2.75) is 26.8 Å². The number of nitrogens with zero attached hydrogens (tertiary/aromatic N) is 1. The molecule has 0 bridgehead atoms. The molecule has 1 N–H and O–H groups in total. The number of aryl methyl sites for hydroxylation is 2. The Morgan fingerprint density at radius 2 is 1.96 bits per heavy atom. The molecule has 0 aliphatic rings. The number of aromatic nitrogens is 1. The van der Waals surface area contributed by atoms with Gasteiger partial charge in [-0.15, -0.1) is 0 Å². The fraction of sp³-hybridized carbons (Fsp3) is 0.333. The summed E-state index contributed by atoms with van der Waals surface area (Å²) in [6, 6.07) is 9.41. The lowest BCUT2D eigenvalue weighted by Gasteiger charge is -2.11. The number of amides is 1. The molecule has 5 nitrogen and oxygen atoms in total. The van der Waals surface area contributed by atoms with Crippen molar-refractivity contribution < 1.29 is 18.8 Å². The van der Waals surface area contributed by atoms with Gasteiger partial charge in [0.05, 0.1) is 19.9 Å². The van der Waals surface area contributed by atoms with E-state index >= 15 is 0 Å². The number of hydrogen-bond donors (Lipinski definition) is 1. The maximum Gasteiger partial charge on any atom is 0.290 e. The highest BCUT2D eigenvalue weighted by Gasteiger charge is 2.15. The Bertz CT molecular complexity index is 699. The molecule has 1 aromatic carbocycles. The van der Waals surface area contributed by atoms with Gasteiger partial charge < -0.3 is 14.8 Å². The van der Waals surface area contributed by atoms with Crippen molar-refractivity contribution >= 4 is 11.6 Å². The van der Waals surface area contributed by atoms with E-state index in [4.69, 9.17) is 9.47 Å². The normalized spacial score (nSPS) is 10.3. The number of carbonyl (C=O) groups excluding carboxylic acids is 1. The molecule has 23 heavy (non-hydrogen) atoms. The number of benzene rings is 1. The number of anilines is 1. The molecule has 0 saturated carbocycles. The largest absolute Gasteiger partial charge is 0.497 e. The van der Waals surface area contributed by atoms with Crippen LogP contribution >= 0.6 is 0 Å². The second-order valence-corrected chi connectivity index (χ2v) is 5.27. The quantitative estimate of drug-likeness (QED) is 0.833. The zero-order valence-corrected chi connectivity index (χ0v) is 14.1. The lowest BCUT2D eigenvalue weighted by molar-refractivity contribution is -0.690. The van der Waals surface area contributed by atoms with Crippen molar-refractivity contribution in [1.29, 1.82) is 0 Å². The van der Waals surface area contributed by atoms with E-state index in [0.717, 1.165) is 12.1 Å². The Hall–Kier alpha value is -2.56. The molecule has 1 amide bonds. The van der Waals surface area contributed by atoms with Crippen LogP contribution in [0.2, 0.25) is 0 Å². The summed E-state index contributed by atoms with van der Waals surface area (Å²) < 4.78 is 12.4. The lowest BCUT2D eigenvalue weighted by Crippen LogP contribution is -2.43. The van der Waals surface area contributed by atoms with E-state index in [1.807, 2.05) is 23.8 Å². The van der Waals surface area contributed by atoms with Crippen molar-refractivity contribution in [3.63, 3.8) is 0 Å². The van der Waals surface area contributed by atoms with Crippen molar-refractivity contribution in [2.75, 3.05) is 19.5 Å². The predicted molar refractivity (Wildman–Crippen MR) is 88.9 cm³/mol. The van der Waals surface area contributed by atoms with Crippen LogP contribution in [0.5, 0.6) is 11.5 Å². The first-order chi connectivity index (χ1) is 11.1. The molecule has 1 aromatic heterocycles.